The molecule has 1 aliphatic heterocycles. The van der Waals surface area contributed by atoms with Gasteiger partial charge < -0.3 is 16.0 Å². The summed E-state index contributed by atoms with van der Waals surface area (Å²) in [7, 11) is 0. The average Bonchev–Trinajstić information content (AvgIpc) is 2.13. The Hall–Kier alpha value is -0.980. The summed E-state index contributed by atoms with van der Waals surface area (Å²) in [6.45, 7) is -0.501. The number of likely N-dealkylation sites (tertiary alicyclic amines) is 1. The van der Waals surface area contributed by atoms with E-state index in [0.717, 1.165) is 12.8 Å². The molecule has 0 aromatic carbocycles. The quantitative estimate of drug-likeness (QED) is 0.689. The Morgan fingerprint density at radius 1 is 1.53 bits per heavy atom. The Labute approximate surface area is 85.6 Å². The number of hydrogen-bond acceptors (Lipinski definition) is 2. The van der Waals surface area contributed by atoms with Gasteiger partial charge in [-0.3, -0.25) is 0 Å². The molecule has 1 atom stereocenters. The van der Waals surface area contributed by atoms with E-state index < -0.39 is 18.8 Å². The Morgan fingerprint density at radius 2 is 2.20 bits per heavy atom. The molecule has 0 spiro atoms. The van der Waals surface area contributed by atoms with Crippen LogP contribution in [0.4, 0.5) is 18.0 Å². The second-order valence-corrected chi connectivity index (χ2v) is 3.62. The van der Waals surface area contributed by atoms with E-state index >= 15 is 0 Å². The van der Waals surface area contributed by atoms with Crippen molar-refractivity contribution < 1.29 is 18.0 Å². The highest BCUT2D eigenvalue weighted by Crippen LogP contribution is 2.13. The zero-order valence-corrected chi connectivity index (χ0v) is 8.18. The van der Waals surface area contributed by atoms with Crippen LogP contribution >= 0.6 is 0 Å². The maximum Gasteiger partial charge on any atom is 0.405 e. The van der Waals surface area contributed by atoms with E-state index in [1.807, 2.05) is 5.32 Å². The van der Waals surface area contributed by atoms with Crippen LogP contribution in [0, 0.1) is 0 Å². The predicted molar refractivity (Wildman–Crippen MR) is 48.2 cm³/mol. The van der Waals surface area contributed by atoms with Crippen LogP contribution in [-0.2, 0) is 0 Å². The van der Waals surface area contributed by atoms with Gasteiger partial charge in [-0.25, -0.2) is 4.79 Å². The van der Waals surface area contributed by atoms with Gasteiger partial charge in [-0.15, -0.1) is 0 Å². The first kappa shape index (κ1) is 12.1. The topological polar surface area (TPSA) is 58.4 Å². The second kappa shape index (κ2) is 4.69. The lowest BCUT2D eigenvalue weighted by Gasteiger charge is -2.30. The van der Waals surface area contributed by atoms with Gasteiger partial charge in [0, 0.05) is 19.1 Å². The van der Waals surface area contributed by atoms with Crippen LogP contribution in [-0.4, -0.2) is 42.8 Å². The largest absolute Gasteiger partial charge is 0.405 e. The minimum absolute atomic E-state index is 0.129. The molecular formula is C8H14F3N3O. The van der Waals surface area contributed by atoms with Gasteiger partial charge in [0.2, 0.25) is 0 Å². The van der Waals surface area contributed by atoms with E-state index in [1.165, 1.54) is 4.90 Å². The number of halogens is 3. The summed E-state index contributed by atoms with van der Waals surface area (Å²) >= 11 is 0. The zero-order chi connectivity index (χ0) is 11.5. The number of hydrogen-bond donors (Lipinski definition) is 2. The van der Waals surface area contributed by atoms with Gasteiger partial charge in [0.25, 0.3) is 0 Å². The lowest BCUT2D eigenvalue weighted by atomic mass is 10.1. The number of nitrogens with one attached hydrogen (secondary N) is 1. The van der Waals surface area contributed by atoms with Gasteiger partial charge in [0.05, 0.1) is 0 Å². The summed E-state index contributed by atoms with van der Waals surface area (Å²) in [5.74, 6) is 0. The van der Waals surface area contributed by atoms with Crippen molar-refractivity contribution in [1.29, 1.82) is 0 Å². The zero-order valence-electron chi connectivity index (χ0n) is 8.18. The fourth-order valence-corrected chi connectivity index (χ4v) is 1.48. The van der Waals surface area contributed by atoms with E-state index in [4.69, 9.17) is 5.73 Å². The Balaban J connectivity index is 2.33. The van der Waals surface area contributed by atoms with Crippen LogP contribution in [0.25, 0.3) is 0 Å². The highest BCUT2D eigenvalue weighted by Gasteiger charge is 2.29. The van der Waals surface area contributed by atoms with Crippen molar-refractivity contribution in [2.75, 3.05) is 19.6 Å². The van der Waals surface area contributed by atoms with Gasteiger partial charge in [-0.2, -0.15) is 13.2 Å². The van der Waals surface area contributed by atoms with Crippen LogP contribution in [0.5, 0.6) is 0 Å². The first-order chi connectivity index (χ1) is 6.88. The Bertz CT molecular complexity index is 232. The fraction of sp³-hybridized carbons (Fsp3) is 0.875. The number of urea groups is 1. The van der Waals surface area contributed by atoms with Crippen LogP contribution in [0.3, 0.4) is 0 Å². The maximum atomic E-state index is 11.8. The fourth-order valence-electron chi connectivity index (χ4n) is 1.48. The molecule has 0 aromatic heterocycles. The number of carbonyl (C=O) groups excluding carboxylic acids is 1. The third-order valence-electron chi connectivity index (χ3n) is 2.19. The summed E-state index contributed by atoms with van der Waals surface area (Å²) in [5, 5.41) is 1.82. The standard InChI is InChI=1S/C8H14F3N3O/c9-8(10,11)5-13-7(15)14-3-1-2-6(12)4-14/h6H,1-5,12H2,(H,13,15). The molecule has 2 amide bonds. The number of rotatable bonds is 1. The molecule has 1 unspecified atom stereocenters. The lowest BCUT2D eigenvalue weighted by molar-refractivity contribution is -0.123. The van der Waals surface area contributed by atoms with Crippen molar-refractivity contribution in [1.82, 2.24) is 10.2 Å². The molecule has 0 aromatic rings. The van der Waals surface area contributed by atoms with E-state index in [9.17, 15) is 18.0 Å². The molecule has 4 nitrogen and oxygen atoms in total. The van der Waals surface area contributed by atoms with Crippen molar-refractivity contribution >= 4 is 6.03 Å². The van der Waals surface area contributed by atoms with Crippen molar-refractivity contribution in [3.05, 3.63) is 0 Å². The molecule has 0 aliphatic carbocycles. The number of nitrogens with zero attached hydrogens (tertiary/aromatic N) is 1. The molecule has 0 saturated carbocycles. The molecule has 1 fully saturated rings. The summed E-state index contributed by atoms with van der Waals surface area (Å²) < 4.78 is 35.4. The lowest BCUT2D eigenvalue weighted by Crippen LogP contribution is -2.50. The Kier molecular flexibility index (Phi) is 3.78. The number of alkyl halides is 3. The van der Waals surface area contributed by atoms with Crippen LogP contribution < -0.4 is 11.1 Å². The number of nitrogens with two attached hydrogens (primary N) is 1. The van der Waals surface area contributed by atoms with E-state index in [0.29, 0.717) is 13.1 Å². The molecule has 0 bridgehead atoms. The van der Waals surface area contributed by atoms with E-state index in [1.54, 1.807) is 0 Å². The molecule has 1 aliphatic rings. The monoisotopic (exact) mass is 225 g/mol. The highest BCUT2D eigenvalue weighted by molar-refractivity contribution is 5.74. The van der Waals surface area contributed by atoms with E-state index in [-0.39, 0.29) is 6.04 Å². The molecule has 7 heteroatoms. The molecule has 1 heterocycles. The molecular weight excluding hydrogens is 211 g/mol. The maximum absolute atomic E-state index is 11.8. The van der Waals surface area contributed by atoms with Gasteiger partial charge in [-0.1, -0.05) is 0 Å². The highest BCUT2D eigenvalue weighted by atomic mass is 19.4. The van der Waals surface area contributed by atoms with Crippen molar-refractivity contribution in [3.8, 4) is 0 Å². The summed E-state index contributed by atoms with van der Waals surface area (Å²) in [4.78, 5) is 12.6. The van der Waals surface area contributed by atoms with E-state index in [2.05, 4.69) is 0 Å². The summed E-state index contributed by atoms with van der Waals surface area (Å²) in [6, 6.07) is -0.821. The molecule has 1 rings (SSSR count). The van der Waals surface area contributed by atoms with Gasteiger partial charge >= 0.3 is 12.2 Å². The van der Waals surface area contributed by atoms with Crippen molar-refractivity contribution in [2.24, 2.45) is 5.73 Å². The van der Waals surface area contributed by atoms with Crippen LogP contribution in [0.1, 0.15) is 12.8 Å². The smallest absolute Gasteiger partial charge is 0.329 e. The number of carbonyl (C=O) groups is 1. The minimum atomic E-state index is -4.37. The average molecular weight is 225 g/mol. The third-order valence-corrected chi connectivity index (χ3v) is 2.19. The normalized spacial score (nSPS) is 22.7. The SMILES string of the molecule is NC1CCCN(C(=O)NCC(F)(F)F)C1. The first-order valence-corrected chi connectivity index (χ1v) is 4.73. The van der Waals surface area contributed by atoms with Crippen molar-refractivity contribution in [2.45, 2.75) is 25.1 Å². The first-order valence-electron chi connectivity index (χ1n) is 4.73. The van der Waals surface area contributed by atoms with Crippen LogP contribution in [0.15, 0.2) is 0 Å². The summed E-state index contributed by atoms with van der Waals surface area (Å²) in [5.41, 5.74) is 5.60. The number of amides is 2. The van der Waals surface area contributed by atoms with Crippen LogP contribution in [0.2, 0.25) is 0 Å². The molecule has 1 saturated heterocycles. The molecule has 88 valence electrons. The Morgan fingerprint density at radius 3 is 2.73 bits per heavy atom. The minimum Gasteiger partial charge on any atom is -0.329 e. The third kappa shape index (κ3) is 4.37. The summed E-state index contributed by atoms with van der Waals surface area (Å²) in [6.07, 6.45) is -2.82. The second-order valence-electron chi connectivity index (χ2n) is 3.62. The molecule has 3 N–H and O–H groups in total. The van der Waals surface area contributed by atoms with Gasteiger partial charge in [0.1, 0.15) is 6.54 Å². The molecule has 15 heavy (non-hydrogen) atoms. The number of piperidine rings is 1. The van der Waals surface area contributed by atoms with Gasteiger partial charge in [0.15, 0.2) is 0 Å². The predicted octanol–water partition coefficient (Wildman–Crippen LogP) is 0.681. The molecule has 0 radical (unpaired) electrons. The van der Waals surface area contributed by atoms with Crippen molar-refractivity contribution in [3.63, 3.8) is 0 Å². The van der Waals surface area contributed by atoms with Gasteiger partial charge in [-0.05, 0) is 12.8 Å².